The summed E-state index contributed by atoms with van der Waals surface area (Å²) in [5, 5.41) is 3.46. The van der Waals surface area contributed by atoms with E-state index in [0.29, 0.717) is 5.41 Å². The fourth-order valence-electron chi connectivity index (χ4n) is 3.38. The number of halogens is 1. The number of guanidine groups is 1. The van der Waals surface area contributed by atoms with Crippen LogP contribution in [0.5, 0.6) is 0 Å². The number of unbranched alkanes of at least 4 members (excludes halogenated alkanes) is 1. The highest BCUT2D eigenvalue weighted by Gasteiger charge is 2.42. The van der Waals surface area contributed by atoms with Crippen LogP contribution in [-0.2, 0) is 4.74 Å². The molecule has 2 fully saturated rings. The third-order valence-corrected chi connectivity index (χ3v) is 4.89. The molecule has 5 nitrogen and oxygen atoms in total. The summed E-state index contributed by atoms with van der Waals surface area (Å²) >= 11 is 0. The second-order valence-electron chi connectivity index (χ2n) is 6.87. The van der Waals surface area contributed by atoms with E-state index < -0.39 is 0 Å². The third kappa shape index (κ3) is 6.38. The Morgan fingerprint density at radius 1 is 1.30 bits per heavy atom. The number of likely N-dealkylation sites (N-methyl/N-ethyl adjacent to an activating group) is 1. The molecule has 1 N–H and O–H groups in total. The van der Waals surface area contributed by atoms with Gasteiger partial charge in [-0.1, -0.05) is 13.3 Å². The van der Waals surface area contributed by atoms with Gasteiger partial charge in [-0.3, -0.25) is 4.99 Å². The Bertz CT molecular complexity index is 359. The molecule has 2 aliphatic heterocycles. The summed E-state index contributed by atoms with van der Waals surface area (Å²) in [5.74, 6) is 1.09. The van der Waals surface area contributed by atoms with Gasteiger partial charge in [-0.25, -0.2) is 0 Å². The third-order valence-electron chi connectivity index (χ3n) is 4.89. The number of nitrogens with one attached hydrogen (secondary N) is 1. The molecule has 136 valence electrons. The van der Waals surface area contributed by atoms with E-state index in [1.807, 2.05) is 0 Å². The fourth-order valence-corrected chi connectivity index (χ4v) is 3.38. The molecule has 1 spiro atoms. The number of aliphatic imine (C=N–C) groups is 1. The van der Waals surface area contributed by atoms with Crippen LogP contribution in [0, 0.1) is 5.41 Å². The predicted octanol–water partition coefficient (Wildman–Crippen LogP) is 2.41. The zero-order valence-corrected chi connectivity index (χ0v) is 17.5. The molecular formula is C17H35IN4O. The molecule has 6 heteroatoms. The molecule has 0 aliphatic carbocycles. The normalized spacial score (nSPS) is 24.5. The van der Waals surface area contributed by atoms with Crippen LogP contribution >= 0.6 is 24.0 Å². The van der Waals surface area contributed by atoms with Gasteiger partial charge in [0.15, 0.2) is 5.96 Å². The zero-order valence-electron chi connectivity index (χ0n) is 15.1. The van der Waals surface area contributed by atoms with Crippen molar-refractivity contribution in [3.8, 4) is 0 Å². The molecule has 2 saturated heterocycles. The molecular weight excluding hydrogens is 403 g/mol. The van der Waals surface area contributed by atoms with Crippen LogP contribution < -0.4 is 5.32 Å². The quantitative estimate of drug-likeness (QED) is 0.377. The van der Waals surface area contributed by atoms with E-state index in [4.69, 9.17) is 9.73 Å². The van der Waals surface area contributed by atoms with Gasteiger partial charge < -0.3 is 19.9 Å². The van der Waals surface area contributed by atoms with Crippen molar-refractivity contribution >= 4 is 29.9 Å². The molecule has 0 radical (unpaired) electrons. The molecule has 2 rings (SSSR count). The minimum atomic E-state index is 0. The SMILES string of the molecule is CCCCN(C)CCN=C(NCC)N1CCC2(CCOC2)C1.I. The van der Waals surface area contributed by atoms with Gasteiger partial charge in [-0.2, -0.15) is 0 Å². The van der Waals surface area contributed by atoms with E-state index in [0.717, 1.165) is 51.9 Å². The molecule has 2 aliphatic rings. The Balaban J connectivity index is 0.00000264. The molecule has 0 amide bonds. The summed E-state index contributed by atoms with van der Waals surface area (Å²) in [6.07, 6.45) is 4.99. The van der Waals surface area contributed by atoms with Gasteiger partial charge >= 0.3 is 0 Å². The van der Waals surface area contributed by atoms with Crippen molar-refractivity contribution in [3.05, 3.63) is 0 Å². The lowest BCUT2D eigenvalue weighted by Crippen LogP contribution is -2.42. The average Bonchev–Trinajstić information content (AvgIpc) is 3.15. The van der Waals surface area contributed by atoms with Gasteiger partial charge in [0, 0.05) is 38.2 Å². The highest BCUT2D eigenvalue weighted by molar-refractivity contribution is 14.0. The Labute approximate surface area is 159 Å². The summed E-state index contributed by atoms with van der Waals surface area (Å²) in [5.41, 5.74) is 0.397. The maximum absolute atomic E-state index is 5.63. The van der Waals surface area contributed by atoms with Crippen molar-refractivity contribution in [2.75, 3.05) is 59.5 Å². The maximum atomic E-state index is 5.63. The Morgan fingerprint density at radius 2 is 2.13 bits per heavy atom. The second-order valence-corrected chi connectivity index (χ2v) is 6.87. The van der Waals surface area contributed by atoms with Crippen LogP contribution in [0.4, 0.5) is 0 Å². The lowest BCUT2D eigenvalue weighted by Gasteiger charge is -2.25. The highest BCUT2D eigenvalue weighted by atomic mass is 127. The number of rotatable bonds is 7. The number of ether oxygens (including phenoxy) is 1. The van der Waals surface area contributed by atoms with Crippen molar-refractivity contribution in [1.29, 1.82) is 0 Å². The van der Waals surface area contributed by atoms with Gasteiger partial charge in [0.05, 0.1) is 13.2 Å². The predicted molar refractivity (Wildman–Crippen MR) is 108 cm³/mol. The van der Waals surface area contributed by atoms with Gasteiger partial charge in [0.2, 0.25) is 0 Å². The van der Waals surface area contributed by atoms with Crippen LogP contribution in [0.3, 0.4) is 0 Å². The highest BCUT2D eigenvalue weighted by Crippen LogP contribution is 2.38. The lowest BCUT2D eigenvalue weighted by molar-refractivity contribution is 0.156. The standard InChI is InChI=1S/C17H34N4O.HI/c1-4-6-10-20(3)12-9-19-16(18-5-2)21-11-7-17(14-21)8-13-22-15-17;/h4-15H2,1-3H3,(H,18,19);1H. The van der Waals surface area contributed by atoms with Crippen molar-refractivity contribution in [2.45, 2.75) is 39.5 Å². The van der Waals surface area contributed by atoms with E-state index in [9.17, 15) is 0 Å². The topological polar surface area (TPSA) is 40.1 Å². The summed E-state index contributed by atoms with van der Waals surface area (Å²) in [7, 11) is 2.19. The molecule has 2 heterocycles. The van der Waals surface area contributed by atoms with Gasteiger partial charge in [0.25, 0.3) is 0 Å². The van der Waals surface area contributed by atoms with Gasteiger partial charge in [0.1, 0.15) is 0 Å². The van der Waals surface area contributed by atoms with Crippen LogP contribution in [-0.4, -0.2) is 75.3 Å². The van der Waals surface area contributed by atoms with Crippen molar-refractivity contribution in [2.24, 2.45) is 10.4 Å². The molecule has 0 bridgehead atoms. The summed E-state index contributed by atoms with van der Waals surface area (Å²) in [6.45, 7) is 12.5. The molecule has 0 aromatic rings. The van der Waals surface area contributed by atoms with Gasteiger partial charge in [-0.15, -0.1) is 24.0 Å². The van der Waals surface area contributed by atoms with Crippen LogP contribution in [0.15, 0.2) is 4.99 Å². The number of nitrogens with zero attached hydrogens (tertiary/aromatic N) is 3. The maximum Gasteiger partial charge on any atom is 0.193 e. The Hall–Kier alpha value is -0.0800. The van der Waals surface area contributed by atoms with Gasteiger partial charge in [-0.05, 0) is 39.8 Å². The lowest BCUT2D eigenvalue weighted by atomic mass is 9.87. The first kappa shape index (κ1) is 21.0. The molecule has 23 heavy (non-hydrogen) atoms. The van der Waals surface area contributed by atoms with E-state index in [2.05, 4.69) is 36.0 Å². The minimum absolute atomic E-state index is 0. The first-order valence-corrected chi connectivity index (χ1v) is 8.98. The largest absolute Gasteiger partial charge is 0.381 e. The fraction of sp³-hybridized carbons (Fsp3) is 0.941. The van der Waals surface area contributed by atoms with Crippen molar-refractivity contribution in [3.63, 3.8) is 0 Å². The van der Waals surface area contributed by atoms with Crippen LogP contribution in [0.1, 0.15) is 39.5 Å². The molecule has 1 unspecified atom stereocenters. The smallest absolute Gasteiger partial charge is 0.193 e. The first-order valence-electron chi connectivity index (χ1n) is 8.98. The summed E-state index contributed by atoms with van der Waals surface area (Å²) in [6, 6.07) is 0. The molecule has 1 atom stereocenters. The molecule has 0 aromatic heterocycles. The summed E-state index contributed by atoms with van der Waals surface area (Å²) in [4.78, 5) is 9.66. The van der Waals surface area contributed by atoms with E-state index in [1.165, 1.54) is 32.2 Å². The minimum Gasteiger partial charge on any atom is -0.381 e. The van der Waals surface area contributed by atoms with Crippen LogP contribution in [0.25, 0.3) is 0 Å². The first-order chi connectivity index (χ1) is 10.7. The number of likely N-dealkylation sites (tertiary alicyclic amines) is 1. The van der Waals surface area contributed by atoms with Crippen LogP contribution in [0.2, 0.25) is 0 Å². The Morgan fingerprint density at radius 3 is 2.78 bits per heavy atom. The number of hydrogen-bond donors (Lipinski definition) is 1. The Kier molecular flexibility index (Phi) is 9.77. The van der Waals surface area contributed by atoms with E-state index in [1.54, 1.807) is 0 Å². The monoisotopic (exact) mass is 438 g/mol. The molecule has 0 aromatic carbocycles. The number of hydrogen-bond acceptors (Lipinski definition) is 3. The molecule has 0 saturated carbocycles. The zero-order chi connectivity index (χ0) is 15.8. The van der Waals surface area contributed by atoms with Crippen molar-refractivity contribution < 1.29 is 4.74 Å². The van der Waals surface area contributed by atoms with E-state index in [-0.39, 0.29) is 24.0 Å². The average molecular weight is 438 g/mol. The second kappa shape index (κ2) is 10.7. The summed E-state index contributed by atoms with van der Waals surface area (Å²) < 4.78 is 5.63. The van der Waals surface area contributed by atoms with E-state index >= 15 is 0 Å². The van der Waals surface area contributed by atoms with Crippen molar-refractivity contribution in [1.82, 2.24) is 15.1 Å².